The van der Waals surface area contributed by atoms with Gasteiger partial charge in [0.1, 0.15) is 11.6 Å². The van der Waals surface area contributed by atoms with Gasteiger partial charge in [-0.15, -0.1) is 29.3 Å². The summed E-state index contributed by atoms with van der Waals surface area (Å²) in [4.78, 5) is 9.93. The number of aromatic nitrogens is 3. The number of fused-ring (bicyclic) bond motifs is 1. The van der Waals surface area contributed by atoms with E-state index >= 15 is 0 Å². The van der Waals surface area contributed by atoms with Crippen molar-refractivity contribution in [1.29, 1.82) is 0 Å². The predicted molar refractivity (Wildman–Crippen MR) is 271 cm³/mol. The zero-order chi connectivity index (χ0) is 63.4. The molecular weight excluding hydrogens is 974 g/mol. The van der Waals surface area contributed by atoms with Crippen LogP contribution in [0.5, 0.6) is 5.75 Å². The predicted octanol–water partition coefficient (Wildman–Crippen LogP) is 16.1. The fourth-order valence-corrected chi connectivity index (χ4v) is 7.96. The van der Waals surface area contributed by atoms with E-state index in [1.54, 1.807) is 66.9 Å². The van der Waals surface area contributed by atoms with Gasteiger partial charge in [-0.1, -0.05) is 184 Å². The minimum Gasteiger partial charge on any atom is -0.507 e. The van der Waals surface area contributed by atoms with Crippen molar-refractivity contribution in [2.45, 2.75) is 118 Å². The Kier molecular flexibility index (Phi) is 7.38. The molecule has 0 saturated heterocycles. The quantitative estimate of drug-likeness (QED) is 0.154. The van der Waals surface area contributed by atoms with E-state index in [-0.39, 0.29) is 43.7 Å². The van der Waals surface area contributed by atoms with Gasteiger partial charge in [-0.05, 0) is 93.1 Å². The first-order valence-electron chi connectivity index (χ1n) is 31.6. The summed E-state index contributed by atoms with van der Waals surface area (Å²) >= 11 is 0. The zero-order valence-corrected chi connectivity index (χ0v) is 39.3. The number of phenols is 1. The summed E-state index contributed by atoms with van der Waals surface area (Å²) in [6.07, 6.45) is 2.30. The summed E-state index contributed by atoms with van der Waals surface area (Å²) in [6, 6.07) is 38.1. The van der Waals surface area contributed by atoms with Crippen LogP contribution in [0.1, 0.15) is 146 Å². The van der Waals surface area contributed by atoms with Crippen molar-refractivity contribution in [3.8, 4) is 67.5 Å². The van der Waals surface area contributed by atoms with Gasteiger partial charge in [0.05, 0.1) is 22.3 Å². The van der Waals surface area contributed by atoms with Crippen LogP contribution in [-0.2, 0) is 42.7 Å². The summed E-state index contributed by atoms with van der Waals surface area (Å²) in [7, 11) is 0. The van der Waals surface area contributed by atoms with Crippen LogP contribution in [0, 0.1) is 12.9 Å². The number of imidazole rings is 1. The Hall–Kier alpha value is -5.57. The number of hydrogen-bond donors (Lipinski definition) is 1. The molecule has 0 fully saturated rings. The van der Waals surface area contributed by atoms with Crippen molar-refractivity contribution in [2.75, 3.05) is 0 Å². The van der Waals surface area contributed by atoms with E-state index in [4.69, 9.17) is 38.8 Å². The fraction of sp³-hybridized carbons (Fsp3) is 0.300. The second kappa shape index (κ2) is 17.7. The molecule has 336 valence electrons. The molecule has 0 aliphatic rings. The van der Waals surface area contributed by atoms with Crippen LogP contribution in [0.15, 0.2) is 134 Å². The van der Waals surface area contributed by atoms with Crippen molar-refractivity contribution < 1.29 is 55.0 Å². The summed E-state index contributed by atoms with van der Waals surface area (Å²) in [6.45, 7) is -14.9. The molecule has 2 aromatic heterocycles. The normalized spacial score (nSPS) is 18.5. The fourth-order valence-electron chi connectivity index (χ4n) is 7.96. The second-order valence-corrected chi connectivity index (χ2v) is 18.2. The number of pyridine rings is 1. The minimum absolute atomic E-state index is 0. The third-order valence-electron chi connectivity index (χ3n) is 12.1. The average Bonchev–Trinajstić information content (AvgIpc) is 0.817. The van der Waals surface area contributed by atoms with Crippen molar-refractivity contribution in [3.63, 3.8) is 0 Å². The number of benzene rings is 6. The third-order valence-corrected chi connectivity index (χ3v) is 12.1. The van der Waals surface area contributed by atoms with E-state index in [0.29, 0.717) is 62.8 Å². The summed E-state index contributed by atoms with van der Waals surface area (Å²) in [5.41, 5.74) is -5.83. The van der Waals surface area contributed by atoms with Crippen LogP contribution in [0.25, 0.3) is 72.7 Å². The number of phenolic OH excluding ortho intramolecular Hbond substituents is 1. The van der Waals surface area contributed by atoms with Crippen LogP contribution in [-0.4, -0.2) is 19.6 Å². The van der Waals surface area contributed by atoms with Gasteiger partial charge in [0.25, 0.3) is 0 Å². The van der Waals surface area contributed by atoms with Crippen LogP contribution < -0.4 is 0 Å². The Balaban J connectivity index is 0.0000106. The van der Waals surface area contributed by atoms with Crippen LogP contribution in [0.2, 0.25) is 0 Å². The van der Waals surface area contributed by atoms with Gasteiger partial charge in [0, 0.05) is 72.9 Å². The van der Waals surface area contributed by atoms with E-state index in [1.807, 2.05) is 84.0 Å². The molecule has 65 heavy (non-hydrogen) atoms. The standard InChI is InChI=1S/C60H64N3O.Pt/c1-14-60(12,13)44-27-28-52(48(35-44)40-19-16-15-17-20-40)63-53-22-18-21-47(54(53)62-56(63)49-36-46(58(6,7)8)37-50(55(49)64)59(9,10)11)42-31-43(33-45(32-42)57(3,4)5)51-34-41(29-30-61-51)39-25-23-38(2)24-26-39;/h15-30,32-37,64H,14H2,1-13H3;/q-1;/i2D3,6D3,7D3,8D3,9D3,10D3,11D3;. The molecule has 0 amide bonds. The number of hydrogen-bond acceptors (Lipinski definition) is 3. The van der Waals surface area contributed by atoms with Gasteiger partial charge in [-0.2, -0.15) is 0 Å². The Morgan fingerprint density at radius 2 is 1.31 bits per heavy atom. The summed E-state index contributed by atoms with van der Waals surface area (Å²) < 4.78 is 183. The molecule has 0 bridgehead atoms. The average molecular weight is 1060 g/mol. The first kappa shape index (κ1) is 27.2. The minimum atomic E-state index is -4.16. The number of para-hydroxylation sites is 1. The number of aryl methyl sites for hydroxylation is 1. The number of aromatic hydroxyl groups is 1. The molecule has 5 heteroatoms. The Bertz CT molecular complexity index is 3730. The van der Waals surface area contributed by atoms with Gasteiger partial charge in [0.15, 0.2) is 0 Å². The molecule has 0 saturated carbocycles. The Morgan fingerprint density at radius 1 is 0.615 bits per heavy atom. The molecule has 0 unspecified atom stereocenters. The first-order chi connectivity index (χ1) is 38.8. The molecule has 0 aliphatic carbocycles. The van der Waals surface area contributed by atoms with E-state index in [1.165, 1.54) is 16.7 Å². The molecule has 0 spiro atoms. The van der Waals surface area contributed by atoms with E-state index < -0.39 is 97.9 Å². The maximum Gasteiger partial charge on any atom is 0.148 e. The van der Waals surface area contributed by atoms with Crippen molar-refractivity contribution in [2.24, 2.45) is 0 Å². The first-order valence-corrected chi connectivity index (χ1v) is 21.1. The van der Waals surface area contributed by atoms with E-state index in [9.17, 15) is 5.11 Å². The maximum atomic E-state index is 13.1. The molecule has 4 nitrogen and oxygen atoms in total. The van der Waals surface area contributed by atoms with Crippen LogP contribution in [0.3, 0.4) is 0 Å². The summed E-state index contributed by atoms with van der Waals surface area (Å²) in [5, 5.41) is 13.1. The number of nitrogens with zero attached hydrogens (tertiary/aromatic N) is 3. The van der Waals surface area contributed by atoms with Crippen LogP contribution >= 0.6 is 0 Å². The second-order valence-electron chi connectivity index (χ2n) is 18.2. The van der Waals surface area contributed by atoms with E-state index in [2.05, 4.69) is 6.07 Å². The van der Waals surface area contributed by atoms with Crippen LogP contribution in [0.4, 0.5) is 0 Å². The molecule has 8 aromatic rings. The van der Waals surface area contributed by atoms with Gasteiger partial charge < -0.3 is 5.11 Å². The number of rotatable bonds is 8. The SMILES string of the molecule is [2H]C([2H])([2H])c1ccc(-c2ccnc(-c3[c-]c(-c4cccc5c4nc(-c4cc(C(C([2H])([2H])[2H])(C([2H])([2H])[2H])C([2H])([2H])[2H])cc(C(C([2H])([2H])[2H])(C([2H])([2H])[2H])C([2H])([2H])[2H])c4O)n5-c4ccc(C(C)(C)CC)cc4-c4ccccc4)cc(C(C)(C)C)c3)c2)cc1.[Pt]. The molecule has 1 N–H and O–H groups in total. The Morgan fingerprint density at radius 3 is 1.98 bits per heavy atom. The smallest absolute Gasteiger partial charge is 0.148 e. The summed E-state index contributed by atoms with van der Waals surface area (Å²) in [5.74, 6) is -1.83. The zero-order valence-electron chi connectivity index (χ0n) is 58.0. The van der Waals surface area contributed by atoms with Gasteiger partial charge >= 0.3 is 0 Å². The topological polar surface area (TPSA) is 50.9 Å². The van der Waals surface area contributed by atoms with Gasteiger partial charge in [0.2, 0.25) is 0 Å². The largest absolute Gasteiger partial charge is 0.507 e. The van der Waals surface area contributed by atoms with Crippen molar-refractivity contribution >= 4 is 11.0 Å². The molecule has 0 radical (unpaired) electrons. The van der Waals surface area contributed by atoms with E-state index in [0.717, 1.165) is 11.1 Å². The van der Waals surface area contributed by atoms with Gasteiger partial charge in [-0.3, -0.25) is 9.55 Å². The molecular formula is C60H64N3OPt-. The third kappa shape index (κ3) is 9.43. The molecule has 6 aromatic carbocycles. The molecule has 2 heterocycles. The molecule has 0 atom stereocenters. The molecule has 8 rings (SSSR count). The maximum absolute atomic E-state index is 13.1. The van der Waals surface area contributed by atoms with Crippen molar-refractivity contribution in [3.05, 3.63) is 167 Å². The van der Waals surface area contributed by atoms with Gasteiger partial charge in [-0.25, -0.2) is 4.98 Å². The molecule has 0 aliphatic heterocycles. The Labute approximate surface area is 432 Å². The van der Waals surface area contributed by atoms with Crippen molar-refractivity contribution in [1.82, 2.24) is 14.5 Å². The monoisotopic (exact) mass is 1060 g/mol.